The normalized spacial score (nSPS) is 18.0. The Kier molecular flexibility index (Phi) is 5.67. The standard InChI is InChI=1S/C20H22N6O5/c1-11(27)21-12-2-4-13(5-3-12)22-18(29)14-10-15(28)23-17-16(14)19(30)25-20(24-17)26-6-8-31-9-7-26/h2-5,14H,6-10H2,1H3,(H,21,27)(H,22,29)(H2,23,24,25,28,30). The van der Waals surface area contributed by atoms with Crippen molar-refractivity contribution in [1.82, 2.24) is 9.97 Å². The van der Waals surface area contributed by atoms with Crippen molar-refractivity contribution in [1.29, 1.82) is 0 Å². The number of aromatic nitrogens is 2. The van der Waals surface area contributed by atoms with Gasteiger partial charge >= 0.3 is 0 Å². The maximum Gasteiger partial charge on any atom is 0.258 e. The smallest absolute Gasteiger partial charge is 0.258 e. The monoisotopic (exact) mass is 426 g/mol. The summed E-state index contributed by atoms with van der Waals surface area (Å²) in [5.74, 6) is -1.63. The van der Waals surface area contributed by atoms with Gasteiger partial charge in [-0.3, -0.25) is 24.2 Å². The van der Waals surface area contributed by atoms with Gasteiger partial charge in [0, 0.05) is 37.8 Å². The van der Waals surface area contributed by atoms with Crippen LogP contribution in [0.4, 0.5) is 23.1 Å². The molecule has 4 N–H and O–H groups in total. The molecule has 11 nitrogen and oxygen atoms in total. The van der Waals surface area contributed by atoms with Gasteiger partial charge < -0.3 is 25.6 Å². The Balaban J connectivity index is 1.57. The zero-order valence-corrected chi connectivity index (χ0v) is 16.9. The highest BCUT2D eigenvalue weighted by Crippen LogP contribution is 2.30. The quantitative estimate of drug-likeness (QED) is 0.561. The second kappa shape index (κ2) is 8.56. The molecule has 1 fully saturated rings. The molecular weight excluding hydrogens is 404 g/mol. The molecule has 3 amide bonds. The number of benzene rings is 1. The maximum absolute atomic E-state index is 12.9. The van der Waals surface area contributed by atoms with Gasteiger partial charge in [-0.2, -0.15) is 4.98 Å². The number of morpholine rings is 1. The van der Waals surface area contributed by atoms with Gasteiger partial charge in [0.15, 0.2) is 0 Å². The van der Waals surface area contributed by atoms with E-state index in [1.807, 2.05) is 4.90 Å². The predicted molar refractivity (Wildman–Crippen MR) is 113 cm³/mol. The van der Waals surface area contributed by atoms with Crippen molar-refractivity contribution in [3.8, 4) is 0 Å². The van der Waals surface area contributed by atoms with Crippen LogP contribution in [-0.4, -0.2) is 54.0 Å². The van der Waals surface area contributed by atoms with Gasteiger partial charge in [-0.1, -0.05) is 0 Å². The fourth-order valence-electron chi connectivity index (χ4n) is 3.58. The molecule has 0 spiro atoms. The highest BCUT2D eigenvalue weighted by molar-refractivity contribution is 6.04. The third-order valence-corrected chi connectivity index (χ3v) is 5.04. The van der Waals surface area contributed by atoms with Gasteiger partial charge in [-0.05, 0) is 24.3 Å². The summed E-state index contributed by atoms with van der Waals surface area (Å²) in [4.78, 5) is 58.1. The van der Waals surface area contributed by atoms with E-state index >= 15 is 0 Å². The van der Waals surface area contributed by atoms with E-state index in [9.17, 15) is 19.2 Å². The number of aromatic amines is 1. The van der Waals surface area contributed by atoms with Crippen molar-refractivity contribution in [2.24, 2.45) is 0 Å². The average Bonchev–Trinajstić information content (AvgIpc) is 2.74. The van der Waals surface area contributed by atoms with E-state index in [2.05, 4.69) is 25.9 Å². The molecular formula is C20H22N6O5. The average molecular weight is 426 g/mol. The number of ether oxygens (including phenoxy) is 1. The largest absolute Gasteiger partial charge is 0.378 e. The summed E-state index contributed by atoms with van der Waals surface area (Å²) in [5, 5.41) is 7.96. The second-order valence-electron chi connectivity index (χ2n) is 7.30. The number of nitrogens with one attached hydrogen (secondary N) is 4. The van der Waals surface area contributed by atoms with Gasteiger partial charge in [-0.15, -0.1) is 0 Å². The molecule has 0 saturated carbocycles. The topological polar surface area (TPSA) is 146 Å². The first-order chi connectivity index (χ1) is 14.9. The van der Waals surface area contributed by atoms with E-state index in [1.165, 1.54) is 6.92 Å². The number of amides is 3. The van der Waals surface area contributed by atoms with Crippen LogP contribution in [0.5, 0.6) is 0 Å². The maximum atomic E-state index is 12.9. The lowest BCUT2D eigenvalue weighted by Gasteiger charge is -2.29. The van der Waals surface area contributed by atoms with Gasteiger partial charge in [0.1, 0.15) is 5.82 Å². The van der Waals surface area contributed by atoms with Crippen LogP contribution in [0, 0.1) is 0 Å². The molecule has 162 valence electrons. The first-order valence-corrected chi connectivity index (χ1v) is 9.86. The molecule has 2 aliphatic heterocycles. The number of H-pyrrole nitrogens is 1. The molecule has 1 aromatic heterocycles. The van der Waals surface area contributed by atoms with Crippen LogP contribution in [0.15, 0.2) is 29.1 Å². The molecule has 2 aliphatic rings. The number of carbonyl (C=O) groups is 3. The van der Waals surface area contributed by atoms with E-state index in [0.29, 0.717) is 43.6 Å². The van der Waals surface area contributed by atoms with Gasteiger partial charge in [0.2, 0.25) is 23.7 Å². The zero-order valence-electron chi connectivity index (χ0n) is 16.9. The van der Waals surface area contributed by atoms with Crippen molar-refractivity contribution in [2.75, 3.05) is 47.2 Å². The minimum Gasteiger partial charge on any atom is -0.378 e. The Labute approximate surface area is 177 Å². The highest BCUT2D eigenvalue weighted by Gasteiger charge is 2.35. The lowest BCUT2D eigenvalue weighted by Crippen LogP contribution is -2.41. The number of anilines is 4. The van der Waals surface area contributed by atoms with Crippen molar-refractivity contribution in [3.63, 3.8) is 0 Å². The van der Waals surface area contributed by atoms with Crippen molar-refractivity contribution < 1.29 is 19.1 Å². The van der Waals surface area contributed by atoms with E-state index in [1.54, 1.807) is 24.3 Å². The molecule has 4 rings (SSSR count). The summed E-state index contributed by atoms with van der Waals surface area (Å²) in [5.41, 5.74) is 0.724. The summed E-state index contributed by atoms with van der Waals surface area (Å²) < 4.78 is 5.31. The van der Waals surface area contributed by atoms with Crippen LogP contribution in [-0.2, 0) is 19.1 Å². The fraction of sp³-hybridized carbons (Fsp3) is 0.350. The first kappa shape index (κ1) is 20.5. The Bertz CT molecular complexity index is 1070. The highest BCUT2D eigenvalue weighted by atomic mass is 16.5. The number of nitrogens with zero attached hydrogens (tertiary/aromatic N) is 2. The number of fused-ring (bicyclic) bond motifs is 1. The van der Waals surface area contributed by atoms with Crippen LogP contribution in [0.25, 0.3) is 0 Å². The third-order valence-electron chi connectivity index (χ3n) is 5.04. The second-order valence-corrected chi connectivity index (χ2v) is 7.30. The molecule has 2 aromatic rings. The molecule has 1 saturated heterocycles. The van der Waals surface area contributed by atoms with E-state index in [-0.39, 0.29) is 29.6 Å². The molecule has 3 heterocycles. The van der Waals surface area contributed by atoms with Crippen LogP contribution >= 0.6 is 0 Å². The molecule has 1 unspecified atom stereocenters. The van der Waals surface area contributed by atoms with E-state index < -0.39 is 17.4 Å². The van der Waals surface area contributed by atoms with Crippen LogP contribution in [0.1, 0.15) is 24.8 Å². The van der Waals surface area contributed by atoms with Crippen molar-refractivity contribution >= 4 is 40.9 Å². The number of hydrogen-bond donors (Lipinski definition) is 4. The van der Waals surface area contributed by atoms with Gasteiger partial charge in [-0.25, -0.2) is 0 Å². The lowest BCUT2D eigenvalue weighted by atomic mass is 9.92. The van der Waals surface area contributed by atoms with E-state index in [4.69, 9.17) is 4.74 Å². The summed E-state index contributed by atoms with van der Waals surface area (Å²) >= 11 is 0. The Morgan fingerprint density at radius 2 is 1.74 bits per heavy atom. The summed E-state index contributed by atoms with van der Waals surface area (Å²) in [6.07, 6.45) is -0.162. The Morgan fingerprint density at radius 1 is 1.10 bits per heavy atom. The van der Waals surface area contributed by atoms with Crippen LogP contribution in [0.3, 0.4) is 0 Å². The minimum absolute atomic E-state index is 0.0997. The molecule has 0 aliphatic carbocycles. The first-order valence-electron chi connectivity index (χ1n) is 9.86. The van der Waals surface area contributed by atoms with Crippen LogP contribution in [0.2, 0.25) is 0 Å². The van der Waals surface area contributed by atoms with E-state index in [0.717, 1.165) is 0 Å². The molecule has 1 atom stereocenters. The number of rotatable bonds is 4. The van der Waals surface area contributed by atoms with Gasteiger partial charge in [0.05, 0.1) is 24.7 Å². The number of carbonyl (C=O) groups excluding carboxylic acids is 3. The molecule has 0 radical (unpaired) electrons. The molecule has 1 aromatic carbocycles. The summed E-state index contributed by atoms with van der Waals surface area (Å²) in [6.45, 7) is 3.55. The SMILES string of the molecule is CC(=O)Nc1ccc(NC(=O)C2CC(=O)Nc3nc(N4CCOCC4)[nH]c(=O)c32)cc1. The van der Waals surface area contributed by atoms with Crippen molar-refractivity contribution in [3.05, 3.63) is 40.2 Å². The Hall–Kier alpha value is -3.73. The molecule has 31 heavy (non-hydrogen) atoms. The van der Waals surface area contributed by atoms with Crippen molar-refractivity contribution in [2.45, 2.75) is 19.3 Å². The number of hydrogen-bond acceptors (Lipinski definition) is 7. The summed E-state index contributed by atoms with van der Waals surface area (Å²) in [7, 11) is 0. The Morgan fingerprint density at radius 3 is 2.39 bits per heavy atom. The lowest BCUT2D eigenvalue weighted by molar-refractivity contribution is -0.123. The predicted octanol–water partition coefficient (Wildman–Crippen LogP) is 0.629. The zero-order chi connectivity index (χ0) is 22.0. The fourth-order valence-corrected chi connectivity index (χ4v) is 3.58. The third kappa shape index (κ3) is 4.56. The van der Waals surface area contributed by atoms with Gasteiger partial charge in [0.25, 0.3) is 5.56 Å². The summed E-state index contributed by atoms with van der Waals surface area (Å²) in [6, 6.07) is 6.52. The molecule has 11 heteroatoms. The minimum atomic E-state index is -0.978. The van der Waals surface area contributed by atoms with Crippen LogP contribution < -0.4 is 26.4 Å². The molecule has 0 bridgehead atoms.